The summed E-state index contributed by atoms with van der Waals surface area (Å²) in [7, 11) is 0. The van der Waals surface area contributed by atoms with Crippen molar-refractivity contribution in [3.8, 4) is 44.9 Å². The Labute approximate surface area is 321 Å². The lowest BCUT2D eigenvalue weighted by atomic mass is 9.65. The van der Waals surface area contributed by atoms with Gasteiger partial charge in [0.1, 0.15) is 11.5 Å². The molecule has 0 radical (unpaired) electrons. The van der Waals surface area contributed by atoms with E-state index in [2.05, 4.69) is 217 Å². The van der Waals surface area contributed by atoms with Gasteiger partial charge in [-0.1, -0.05) is 182 Å². The minimum Gasteiger partial charge on any atom is -0.456 e. The van der Waals surface area contributed by atoms with Crippen LogP contribution in [0.4, 0.5) is 17.1 Å². The monoisotopic (exact) mass is 701 g/mol. The molecule has 1 unspecified atom stereocenters. The fraction of sp³-hybridized carbons (Fsp3) is 0.0189. The van der Waals surface area contributed by atoms with Crippen LogP contribution in [-0.2, 0) is 5.41 Å². The summed E-state index contributed by atoms with van der Waals surface area (Å²) in [6.07, 6.45) is 0. The fourth-order valence-electron chi connectivity index (χ4n) is 9.22. The van der Waals surface area contributed by atoms with E-state index in [0.29, 0.717) is 0 Å². The maximum Gasteiger partial charge on any atom is 0.140 e. The van der Waals surface area contributed by atoms with E-state index < -0.39 is 5.41 Å². The standard InChI is InChI=1S/C53H35NO/c1-3-17-36(18-4-1)40-22-10-14-28-49(40)54(50-29-15-11-23-41(50)37-19-5-2-6-20-37)39-32-33-44-43-25-9-12-26-45(43)53(48(44)35-39)46-27-13-16-30-51(46)55-52-42-24-8-7-21-38(42)31-34-47(52)53/h1-35H. The Morgan fingerprint density at radius 3 is 1.62 bits per heavy atom. The van der Waals surface area contributed by atoms with Gasteiger partial charge in [0.05, 0.1) is 16.8 Å². The van der Waals surface area contributed by atoms with Crippen LogP contribution in [0.2, 0.25) is 0 Å². The molecule has 1 atom stereocenters. The van der Waals surface area contributed by atoms with E-state index in [0.717, 1.165) is 61.6 Å². The molecule has 11 rings (SSSR count). The zero-order valence-corrected chi connectivity index (χ0v) is 30.1. The first kappa shape index (κ1) is 31.4. The van der Waals surface area contributed by atoms with Crippen LogP contribution in [0.5, 0.6) is 11.5 Å². The van der Waals surface area contributed by atoms with Gasteiger partial charge in [-0.2, -0.15) is 0 Å². The van der Waals surface area contributed by atoms with Crippen LogP contribution >= 0.6 is 0 Å². The van der Waals surface area contributed by atoms with Crippen LogP contribution in [0, 0.1) is 0 Å². The number of hydrogen-bond acceptors (Lipinski definition) is 2. The lowest BCUT2D eigenvalue weighted by Crippen LogP contribution is -2.32. The van der Waals surface area contributed by atoms with Crippen molar-refractivity contribution in [3.63, 3.8) is 0 Å². The van der Waals surface area contributed by atoms with E-state index in [1.165, 1.54) is 33.4 Å². The van der Waals surface area contributed by atoms with Crippen molar-refractivity contribution < 1.29 is 4.74 Å². The molecule has 1 aliphatic heterocycles. The SMILES string of the molecule is c1ccc(-c2ccccc2N(c2ccc3c(c2)C2(c4ccccc4Oc4c2ccc2ccccc42)c2ccccc2-3)c2ccccc2-c2ccccc2)cc1. The van der Waals surface area contributed by atoms with Crippen molar-refractivity contribution in [1.29, 1.82) is 0 Å². The second kappa shape index (κ2) is 12.5. The van der Waals surface area contributed by atoms with Crippen molar-refractivity contribution in [2.24, 2.45) is 0 Å². The predicted octanol–water partition coefficient (Wildman–Crippen LogP) is 14.1. The molecular weight excluding hydrogens is 667 g/mol. The molecule has 1 spiro atoms. The number of para-hydroxylation sites is 3. The second-order valence-electron chi connectivity index (χ2n) is 14.4. The largest absolute Gasteiger partial charge is 0.456 e. The van der Waals surface area contributed by atoms with Crippen molar-refractivity contribution >= 4 is 27.8 Å². The zero-order valence-electron chi connectivity index (χ0n) is 30.1. The highest BCUT2D eigenvalue weighted by molar-refractivity contribution is 5.98. The molecule has 0 amide bonds. The molecule has 1 heterocycles. The summed E-state index contributed by atoms with van der Waals surface area (Å²) in [4.78, 5) is 2.47. The van der Waals surface area contributed by atoms with E-state index in [4.69, 9.17) is 4.74 Å². The van der Waals surface area contributed by atoms with Crippen LogP contribution in [0.3, 0.4) is 0 Å². The molecule has 0 fully saturated rings. The number of hydrogen-bond donors (Lipinski definition) is 0. The molecule has 0 N–H and O–H groups in total. The molecule has 2 nitrogen and oxygen atoms in total. The summed E-state index contributed by atoms with van der Waals surface area (Å²) in [5.41, 5.74) is 14.7. The van der Waals surface area contributed by atoms with E-state index in [-0.39, 0.29) is 0 Å². The zero-order chi connectivity index (χ0) is 36.3. The highest BCUT2D eigenvalue weighted by Gasteiger charge is 2.51. The summed E-state index contributed by atoms with van der Waals surface area (Å²) < 4.78 is 6.94. The van der Waals surface area contributed by atoms with Gasteiger partial charge in [0.2, 0.25) is 0 Å². The Bertz CT molecular complexity index is 2830. The Morgan fingerprint density at radius 2 is 0.909 bits per heavy atom. The minimum absolute atomic E-state index is 0.611. The van der Waals surface area contributed by atoms with Gasteiger partial charge in [-0.3, -0.25) is 0 Å². The van der Waals surface area contributed by atoms with Crippen molar-refractivity contribution in [1.82, 2.24) is 0 Å². The molecule has 9 aromatic carbocycles. The smallest absolute Gasteiger partial charge is 0.140 e. The molecule has 2 heteroatoms. The lowest BCUT2D eigenvalue weighted by Gasteiger charge is -2.40. The first-order valence-corrected chi connectivity index (χ1v) is 18.9. The molecule has 0 saturated heterocycles. The number of nitrogens with zero attached hydrogens (tertiary/aromatic N) is 1. The van der Waals surface area contributed by atoms with Crippen molar-refractivity contribution in [2.45, 2.75) is 5.41 Å². The second-order valence-corrected chi connectivity index (χ2v) is 14.4. The Morgan fingerprint density at radius 1 is 0.364 bits per heavy atom. The number of fused-ring (bicyclic) bond motifs is 11. The lowest BCUT2D eigenvalue weighted by molar-refractivity contribution is 0.441. The van der Waals surface area contributed by atoms with Crippen LogP contribution in [0.25, 0.3) is 44.2 Å². The van der Waals surface area contributed by atoms with Crippen LogP contribution < -0.4 is 9.64 Å². The first-order chi connectivity index (χ1) is 27.3. The number of benzene rings is 9. The van der Waals surface area contributed by atoms with E-state index >= 15 is 0 Å². The van der Waals surface area contributed by atoms with Gasteiger partial charge in [0.15, 0.2) is 0 Å². The fourth-order valence-corrected chi connectivity index (χ4v) is 9.22. The molecule has 2 aliphatic rings. The van der Waals surface area contributed by atoms with Gasteiger partial charge in [-0.05, 0) is 69.1 Å². The summed E-state index contributed by atoms with van der Waals surface area (Å²) in [5.74, 6) is 1.81. The maximum atomic E-state index is 6.94. The Kier molecular flexibility index (Phi) is 7.11. The molecule has 9 aromatic rings. The molecule has 0 aromatic heterocycles. The average molecular weight is 702 g/mol. The van der Waals surface area contributed by atoms with Gasteiger partial charge >= 0.3 is 0 Å². The maximum absolute atomic E-state index is 6.94. The van der Waals surface area contributed by atoms with Crippen LogP contribution in [0.15, 0.2) is 212 Å². The van der Waals surface area contributed by atoms with Gasteiger partial charge in [0, 0.05) is 33.3 Å². The van der Waals surface area contributed by atoms with E-state index in [1.807, 2.05) is 0 Å². The predicted molar refractivity (Wildman–Crippen MR) is 227 cm³/mol. The van der Waals surface area contributed by atoms with Crippen molar-refractivity contribution in [2.75, 3.05) is 4.90 Å². The Balaban J connectivity index is 1.24. The third-order valence-electron chi connectivity index (χ3n) is 11.5. The molecule has 0 saturated carbocycles. The van der Waals surface area contributed by atoms with Gasteiger partial charge < -0.3 is 9.64 Å². The van der Waals surface area contributed by atoms with Crippen LogP contribution in [0.1, 0.15) is 22.3 Å². The number of ether oxygens (including phenoxy) is 1. The highest BCUT2D eigenvalue weighted by Crippen LogP contribution is 2.63. The summed E-state index contributed by atoms with van der Waals surface area (Å²) in [6, 6.07) is 76.9. The molecule has 55 heavy (non-hydrogen) atoms. The van der Waals surface area contributed by atoms with Crippen molar-refractivity contribution in [3.05, 3.63) is 235 Å². The summed E-state index contributed by atoms with van der Waals surface area (Å²) in [5, 5.41) is 2.28. The summed E-state index contributed by atoms with van der Waals surface area (Å²) in [6.45, 7) is 0. The number of rotatable bonds is 5. The quantitative estimate of drug-likeness (QED) is 0.177. The molecule has 0 bridgehead atoms. The highest BCUT2D eigenvalue weighted by atomic mass is 16.5. The first-order valence-electron chi connectivity index (χ1n) is 18.9. The van der Waals surface area contributed by atoms with E-state index in [9.17, 15) is 0 Å². The number of anilines is 3. The van der Waals surface area contributed by atoms with E-state index in [1.54, 1.807) is 0 Å². The molecule has 258 valence electrons. The molecule has 1 aliphatic carbocycles. The minimum atomic E-state index is -0.611. The van der Waals surface area contributed by atoms with Gasteiger partial charge in [-0.25, -0.2) is 0 Å². The topological polar surface area (TPSA) is 12.5 Å². The third-order valence-corrected chi connectivity index (χ3v) is 11.5. The van der Waals surface area contributed by atoms with Gasteiger partial charge in [-0.15, -0.1) is 0 Å². The van der Waals surface area contributed by atoms with Crippen LogP contribution in [-0.4, -0.2) is 0 Å². The average Bonchev–Trinajstić information content (AvgIpc) is 3.54. The normalized spacial score (nSPS) is 14.8. The van der Waals surface area contributed by atoms with Gasteiger partial charge in [0.25, 0.3) is 0 Å². The summed E-state index contributed by atoms with van der Waals surface area (Å²) >= 11 is 0. The third kappa shape index (κ3) is 4.68. The Hall–Kier alpha value is -7.16. The molecular formula is C53H35NO.